The predicted octanol–water partition coefficient (Wildman–Crippen LogP) is 3.42. The topological polar surface area (TPSA) is 47.8 Å². The van der Waals surface area contributed by atoms with E-state index in [4.69, 9.17) is 23.2 Å². The summed E-state index contributed by atoms with van der Waals surface area (Å²) >= 11 is 11.7. The molecule has 0 radical (unpaired) electrons. The molecule has 0 saturated carbocycles. The Morgan fingerprint density at radius 1 is 1.37 bits per heavy atom. The molecule has 0 unspecified atom stereocenters. The lowest BCUT2D eigenvalue weighted by Crippen LogP contribution is -2.12. The zero-order chi connectivity index (χ0) is 13.8. The molecule has 0 bridgehead atoms. The minimum absolute atomic E-state index is 0.162. The summed E-state index contributed by atoms with van der Waals surface area (Å²) in [5.41, 5.74) is 0.233. The van der Waals surface area contributed by atoms with E-state index in [0.29, 0.717) is 5.02 Å². The Hall–Kier alpha value is -1.39. The fourth-order valence-corrected chi connectivity index (χ4v) is 2.28. The van der Waals surface area contributed by atoms with E-state index >= 15 is 0 Å². The van der Waals surface area contributed by atoms with E-state index in [-0.39, 0.29) is 22.9 Å². The maximum absolute atomic E-state index is 12.2. The van der Waals surface area contributed by atoms with E-state index in [0.717, 1.165) is 18.8 Å². The number of ketones is 1. The summed E-state index contributed by atoms with van der Waals surface area (Å²) in [6.07, 6.45) is 6.14. The highest BCUT2D eigenvalue weighted by atomic mass is 35.5. The minimum Gasteiger partial charge on any atom is -0.335 e. The predicted molar refractivity (Wildman–Crippen MR) is 74.8 cm³/mol. The van der Waals surface area contributed by atoms with Crippen LogP contribution in [-0.4, -0.2) is 20.3 Å². The number of halogens is 2. The van der Waals surface area contributed by atoms with Crippen LogP contribution in [-0.2, 0) is 13.0 Å². The SMILES string of the molecule is CCCn1ccnc1CC(=O)c1ncc(Cl)cc1Cl. The van der Waals surface area contributed by atoms with E-state index in [1.165, 1.54) is 12.3 Å². The molecule has 2 aromatic rings. The highest BCUT2D eigenvalue weighted by Gasteiger charge is 2.15. The van der Waals surface area contributed by atoms with Crippen LogP contribution < -0.4 is 0 Å². The average Bonchev–Trinajstić information content (AvgIpc) is 2.77. The van der Waals surface area contributed by atoms with E-state index in [1.807, 2.05) is 10.8 Å². The van der Waals surface area contributed by atoms with E-state index in [1.54, 1.807) is 6.20 Å². The lowest BCUT2D eigenvalue weighted by Gasteiger charge is -2.06. The maximum atomic E-state index is 12.2. The summed E-state index contributed by atoms with van der Waals surface area (Å²) in [5.74, 6) is 0.560. The second kappa shape index (κ2) is 6.17. The molecule has 0 aliphatic heterocycles. The number of nitrogens with zero attached hydrogens (tertiary/aromatic N) is 3. The maximum Gasteiger partial charge on any atom is 0.190 e. The first kappa shape index (κ1) is 14.0. The molecular weight excluding hydrogens is 285 g/mol. The molecule has 19 heavy (non-hydrogen) atoms. The van der Waals surface area contributed by atoms with Gasteiger partial charge in [0.05, 0.1) is 16.5 Å². The summed E-state index contributed by atoms with van der Waals surface area (Å²) in [6, 6.07) is 1.52. The van der Waals surface area contributed by atoms with Gasteiger partial charge in [-0.15, -0.1) is 0 Å². The quantitative estimate of drug-likeness (QED) is 0.795. The van der Waals surface area contributed by atoms with Gasteiger partial charge in [0, 0.05) is 25.1 Å². The fraction of sp³-hybridized carbons (Fsp3) is 0.308. The van der Waals surface area contributed by atoms with Gasteiger partial charge in [0.1, 0.15) is 11.5 Å². The van der Waals surface area contributed by atoms with Crippen molar-refractivity contribution in [2.75, 3.05) is 0 Å². The molecule has 6 heteroatoms. The van der Waals surface area contributed by atoms with E-state index in [2.05, 4.69) is 16.9 Å². The smallest absolute Gasteiger partial charge is 0.190 e. The van der Waals surface area contributed by atoms with Crippen molar-refractivity contribution in [1.82, 2.24) is 14.5 Å². The summed E-state index contributed by atoms with van der Waals surface area (Å²) in [5, 5.41) is 0.681. The second-order valence-corrected chi connectivity index (χ2v) is 4.96. The summed E-state index contributed by atoms with van der Waals surface area (Å²) < 4.78 is 1.96. The Morgan fingerprint density at radius 3 is 2.84 bits per heavy atom. The van der Waals surface area contributed by atoms with Gasteiger partial charge in [-0.1, -0.05) is 30.1 Å². The van der Waals surface area contributed by atoms with Crippen LogP contribution in [0.3, 0.4) is 0 Å². The molecule has 0 spiro atoms. The Kier molecular flexibility index (Phi) is 4.56. The lowest BCUT2D eigenvalue weighted by atomic mass is 10.2. The highest BCUT2D eigenvalue weighted by molar-refractivity contribution is 6.36. The third-order valence-electron chi connectivity index (χ3n) is 2.66. The van der Waals surface area contributed by atoms with Crippen molar-refractivity contribution in [1.29, 1.82) is 0 Å². The monoisotopic (exact) mass is 297 g/mol. The van der Waals surface area contributed by atoms with E-state index in [9.17, 15) is 4.79 Å². The largest absolute Gasteiger partial charge is 0.335 e. The Morgan fingerprint density at radius 2 is 2.16 bits per heavy atom. The molecular formula is C13H13Cl2N3O. The summed E-state index contributed by atoms with van der Waals surface area (Å²) in [7, 11) is 0. The van der Waals surface area contributed by atoms with Gasteiger partial charge in [0.25, 0.3) is 0 Å². The van der Waals surface area contributed by atoms with Gasteiger partial charge in [0.2, 0.25) is 0 Å². The number of aryl methyl sites for hydroxylation is 1. The normalized spacial score (nSPS) is 10.7. The van der Waals surface area contributed by atoms with Crippen LogP contribution >= 0.6 is 23.2 Å². The van der Waals surface area contributed by atoms with Crippen molar-refractivity contribution in [3.63, 3.8) is 0 Å². The van der Waals surface area contributed by atoms with Crippen molar-refractivity contribution in [2.24, 2.45) is 0 Å². The number of aromatic nitrogens is 3. The molecule has 0 fully saturated rings. The Bertz CT molecular complexity index is 595. The number of carbonyl (C=O) groups excluding carboxylic acids is 1. The van der Waals surface area contributed by atoms with Crippen LogP contribution in [0.25, 0.3) is 0 Å². The van der Waals surface area contributed by atoms with Crippen molar-refractivity contribution < 1.29 is 4.79 Å². The van der Waals surface area contributed by atoms with Gasteiger partial charge in [0.15, 0.2) is 5.78 Å². The first-order chi connectivity index (χ1) is 9.11. The number of Topliss-reactive ketones (excluding diaryl/α,β-unsaturated/α-hetero) is 1. The average molecular weight is 298 g/mol. The summed E-state index contributed by atoms with van der Waals surface area (Å²) in [4.78, 5) is 20.3. The highest BCUT2D eigenvalue weighted by Crippen LogP contribution is 2.19. The van der Waals surface area contributed by atoms with Crippen LogP contribution in [0, 0.1) is 0 Å². The van der Waals surface area contributed by atoms with Crippen molar-refractivity contribution >= 4 is 29.0 Å². The molecule has 0 aliphatic rings. The minimum atomic E-state index is -0.162. The van der Waals surface area contributed by atoms with Crippen molar-refractivity contribution in [3.05, 3.63) is 46.2 Å². The first-order valence-corrected chi connectivity index (χ1v) is 6.71. The molecule has 4 nitrogen and oxygen atoms in total. The molecule has 0 amide bonds. The van der Waals surface area contributed by atoms with Crippen LogP contribution in [0.15, 0.2) is 24.7 Å². The van der Waals surface area contributed by atoms with Gasteiger partial charge < -0.3 is 4.57 Å². The summed E-state index contributed by atoms with van der Waals surface area (Å²) in [6.45, 7) is 2.91. The second-order valence-electron chi connectivity index (χ2n) is 4.12. The lowest BCUT2D eigenvalue weighted by molar-refractivity contribution is 0.0985. The molecule has 0 atom stereocenters. The Balaban J connectivity index is 2.18. The number of pyridine rings is 1. The molecule has 0 aromatic carbocycles. The standard InChI is InChI=1S/C13H13Cl2N3O/c1-2-4-18-5-3-16-12(18)7-11(19)13-10(15)6-9(14)8-17-13/h3,5-6,8H,2,4,7H2,1H3. The van der Waals surface area contributed by atoms with E-state index < -0.39 is 0 Å². The Labute approximate surface area is 121 Å². The third kappa shape index (κ3) is 3.33. The van der Waals surface area contributed by atoms with Gasteiger partial charge in [-0.05, 0) is 12.5 Å². The molecule has 0 aliphatic carbocycles. The number of hydrogen-bond donors (Lipinski definition) is 0. The molecule has 2 aromatic heterocycles. The van der Waals surface area contributed by atoms with Crippen LogP contribution in [0.1, 0.15) is 29.7 Å². The molecule has 0 saturated heterocycles. The molecule has 100 valence electrons. The fourth-order valence-electron chi connectivity index (χ4n) is 1.80. The number of rotatable bonds is 5. The zero-order valence-electron chi connectivity index (χ0n) is 10.4. The van der Waals surface area contributed by atoms with Crippen LogP contribution in [0.4, 0.5) is 0 Å². The van der Waals surface area contributed by atoms with Gasteiger partial charge >= 0.3 is 0 Å². The zero-order valence-corrected chi connectivity index (χ0v) is 11.9. The first-order valence-electron chi connectivity index (χ1n) is 5.96. The number of imidazole rings is 1. The van der Waals surface area contributed by atoms with Gasteiger partial charge in [-0.25, -0.2) is 9.97 Å². The third-order valence-corrected chi connectivity index (χ3v) is 3.15. The van der Waals surface area contributed by atoms with Gasteiger partial charge in [-0.3, -0.25) is 4.79 Å². The van der Waals surface area contributed by atoms with Crippen LogP contribution in [0.5, 0.6) is 0 Å². The van der Waals surface area contributed by atoms with Crippen molar-refractivity contribution in [2.45, 2.75) is 26.3 Å². The molecule has 2 heterocycles. The van der Waals surface area contributed by atoms with Gasteiger partial charge in [-0.2, -0.15) is 0 Å². The number of carbonyl (C=O) groups is 1. The number of hydrogen-bond acceptors (Lipinski definition) is 3. The van der Waals surface area contributed by atoms with Crippen molar-refractivity contribution in [3.8, 4) is 0 Å². The molecule has 0 N–H and O–H groups in total. The molecule has 2 rings (SSSR count). The van der Waals surface area contributed by atoms with Crippen LogP contribution in [0.2, 0.25) is 10.0 Å².